The van der Waals surface area contributed by atoms with Crippen LogP contribution in [0, 0.1) is 5.92 Å². The van der Waals surface area contributed by atoms with Gasteiger partial charge in [0.05, 0.1) is 18.8 Å². The average Bonchev–Trinajstić information content (AvgIpc) is 2.99. The first-order chi connectivity index (χ1) is 9.20. The molecule has 0 aromatic heterocycles. The fraction of sp³-hybridized carbons (Fsp3) is 0.600. The highest BCUT2D eigenvalue weighted by atomic mass is 35.5. The minimum Gasteiger partial charge on any atom is -0.493 e. The third-order valence-electron chi connectivity index (χ3n) is 4.20. The Morgan fingerprint density at radius 1 is 1.37 bits per heavy atom. The minimum atomic E-state index is 0.142. The van der Waals surface area contributed by atoms with E-state index >= 15 is 0 Å². The number of hydrogen-bond acceptors (Lipinski definition) is 3. The Morgan fingerprint density at radius 3 is 2.89 bits per heavy atom. The standard InChI is InChI=1S/C15H20ClNO2/c1-9-3-5-18-14(9)13(17-2)12-8-11(16)7-10-4-6-19-15(10)12/h7-9,13-14,17H,3-6H2,1-2H3. The monoisotopic (exact) mass is 281 g/mol. The largest absolute Gasteiger partial charge is 0.493 e. The molecule has 1 aromatic carbocycles. The van der Waals surface area contributed by atoms with E-state index in [9.17, 15) is 0 Å². The molecule has 104 valence electrons. The second kappa shape index (κ2) is 5.31. The summed E-state index contributed by atoms with van der Waals surface area (Å²) in [7, 11) is 1.97. The summed E-state index contributed by atoms with van der Waals surface area (Å²) in [5.74, 6) is 1.56. The smallest absolute Gasteiger partial charge is 0.127 e. The van der Waals surface area contributed by atoms with Gasteiger partial charge in [-0.15, -0.1) is 0 Å². The van der Waals surface area contributed by atoms with Gasteiger partial charge in [0.15, 0.2) is 0 Å². The lowest BCUT2D eigenvalue weighted by atomic mass is 9.91. The maximum atomic E-state index is 6.25. The number of likely N-dealkylation sites (N-methyl/N-ethyl adjacent to an activating group) is 1. The molecule has 0 spiro atoms. The van der Waals surface area contributed by atoms with Crippen molar-refractivity contribution >= 4 is 11.6 Å². The molecular formula is C15H20ClNO2. The zero-order valence-corrected chi connectivity index (χ0v) is 12.2. The first-order valence-electron chi connectivity index (χ1n) is 6.94. The molecule has 3 nitrogen and oxygen atoms in total. The van der Waals surface area contributed by atoms with Crippen LogP contribution in [0.3, 0.4) is 0 Å². The molecule has 3 atom stereocenters. The molecule has 0 aliphatic carbocycles. The first-order valence-corrected chi connectivity index (χ1v) is 7.32. The number of fused-ring (bicyclic) bond motifs is 1. The van der Waals surface area contributed by atoms with Crippen LogP contribution >= 0.6 is 11.6 Å². The van der Waals surface area contributed by atoms with Gasteiger partial charge in [-0.1, -0.05) is 18.5 Å². The van der Waals surface area contributed by atoms with Gasteiger partial charge < -0.3 is 14.8 Å². The highest BCUT2D eigenvalue weighted by molar-refractivity contribution is 6.30. The topological polar surface area (TPSA) is 30.5 Å². The Bertz CT molecular complexity index is 477. The molecule has 0 radical (unpaired) electrons. The molecular weight excluding hydrogens is 262 g/mol. The van der Waals surface area contributed by atoms with Crippen molar-refractivity contribution in [3.05, 3.63) is 28.3 Å². The molecule has 0 amide bonds. The third-order valence-corrected chi connectivity index (χ3v) is 4.41. The Balaban J connectivity index is 1.99. The quantitative estimate of drug-likeness (QED) is 0.924. The van der Waals surface area contributed by atoms with Crippen LogP contribution in [-0.2, 0) is 11.2 Å². The molecule has 3 rings (SSSR count). The van der Waals surface area contributed by atoms with Crippen LogP contribution in [-0.4, -0.2) is 26.4 Å². The van der Waals surface area contributed by atoms with Crippen molar-refractivity contribution in [2.24, 2.45) is 5.92 Å². The van der Waals surface area contributed by atoms with Crippen molar-refractivity contribution < 1.29 is 9.47 Å². The van der Waals surface area contributed by atoms with Crippen molar-refractivity contribution in [3.8, 4) is 5.75 Å². The van der Waals surface area contributed by atoms with Gasteiger partial charge >= 0.3 is 0 Å². The molecule has 0 saturated carbocycles. The summed E-state index contributed by atoms with van der Waals surface area (Å²) in [5.41, 5.74) is 2.36. The van der Waals surface area contributed by atoms with Gasteiger partial charge in [-0.25, -0.2) is 0 Å². The molecule has 1 saturated heterocycles. The number of benzene rings is 1. The maximum absolute atomic E-state index is 6.25. The van der Waals surface area contributed by atoms with Crippen molar-refractivity contribution in [1.29, 1.82) is 0 Å². The molecule has 1 N–H and O–H groups in total. The fourth-order valence-corrected chi connectivity index (χ4v) is 3.42. The van der Waals surface area contributed by atoms with E-state index in [-0.39, 0.29) is 12.1 Å². The van der Waals surface area contributed by atoms with E-state index in [4.69, 9.17) is 21.1 Å². The molecule has 1 aromatic rings. The van der Waals surface area contributed by atoms with E-state index in [1.807, 2.05) is 19.2 Å². The number of ether oxygens (including phenoxy) is 2. The molecule has 1 fully saturated rings. The second-order valence-corrected chi connectivity index (χ2v) is 5.89. The molecule has 3 unspecified atom stereocenters. The molecule has 2 aliphatic heterocycles. The van der Waals surface area contributed by atoms with Crippen molar-refractivity contribution in [2.75, 3.05) is 20.3 Å². The minimum absolute atomic E-state index is 0.142. The summed E-state index contributed by atoms with van der Waals surface area (Å²) < 4.78 is 11.7. The SMILES string of the molecule is CNC(c1cc(Cl)cc2c1OCC2)C1OCCC1C. The first kappa shape index (κ1) is 13.2. The van der Waals surface area contributed by atoms with E-state index in [0.29, 0.717) is 5.92 Å². The molecule has 19 heavy (non-hydrogen) atoms. The summed E-state index contributed by atoms with van der Waals surface area (Å²) in [6.07, 6.45) is 2.25. The van der Waals surface area contributed by atoms with Crippen molar-refractivity contribution in [2.45, 2.75) is 31.9 Å². The van der Waals surface area contributed by atoms with Crippen LogP contribution in [0.5, 0.6) is 5.75 Å². The van der Waals surface area contributed by atoms with Gasteiger partial charge in [0.25, 0.3) is 0 Å². The Hall–Kier alpha value is -0.770. The Labute approximate surface area is 119 Å². The summed E-state index contributed by atoms with van der Waals surface area (Å²) >= 11 is 6.25. The highest BCUT2D eigenvalue weighted by Crippen LogP contribution is 2.40. The summed E-state index contributed by atoms with van der Waals surface area (Å²) in [4.78, 5) is 0. The van der Waals surface area contributed by atoms with E-state index in [2.05, 4.69) is 12.2 Å². The van der Waals surface area contributed by atoms with Crippen molar-refractivity contribution in [1.82, 2.24) is 5.32 Å². The zero-order chi connectivity index (χ0) is 13.4. The third kappa shape index (κ3) is 2.35. The summed E-state index contributed by atoms with van der Waals surface area (Å²) in [6, 6.07) is 4.17. The molecule has 4 heteroatoms. The molecule has 0 bridgehead atoms. The Morgan fingerprint density at radius 2 is 2.21 bits per heavy atom. The number of hydrogen-bond donors (Lipinski definition) is 1. The second-order valence-electron chi connectivity index (χ2n) is 5.45. The number of nitrogens with one attached hydrogen (secondary N) is 1. The predicted octanol–water partition coefficient (Wildman–Crippen LogP) is 2.96. The summed E-state index contributed by atoms with van der Waals surface area (Å²) in [6.45, 7) is 3.83. The Kier molecular flexibility index (Phi) is 3.70. The van der Waals surface area contributed by atoms with Gasteiger partial charge in [-0.2, -0.15) is 0 Å². The van der Waals surface area contributed by atoms with Gasteiger partial charge in [0.1, 0.15) is 5.75 Å². The molecule has 2 heterocycles. The lowest BCUT2D eigenvalue weighted by Crippen LogP contribution is -2.32. The lowest BCUT2D eigenvalue weighted by Gasteiger charge is -2.27. The van der Waals surface area contributed by atoms with Crippen LogP contribution in [0.2, 0.25) is 5.02 Å². The number of halogens is 1. The highest BCUT2D eigenvalue weighted by Gasteiger charge is 2.35. The van der Waals surface area contributed by atoms with Crippen LogP contribution < -0.4 is 10.1 Å². The van der Waals surface area contributed by atoms with Gasteiger partial charge in [-0.05, 0) is 37.1 Å². The lowest BCUT2D eigenvalue weighted by molar-refractivity contribution is 0.0623. The van der Waals surface area contributed by atoms with Gasteiger partial charge in [0.2, 0.25) is 0 Å². The van der Waals surface area contributed by atoms with Crippen LogP contribution in [0.4, 0.5) is 0 Å². The van der Waals surface area contributed by atoms with Gasteiger partial charge in [0, 0.05) is 23.6 Å². The van der Waals surface area contributed by atoms with E-state index in [0.717, 1.165) is 42.4 Å². The maximum Gasteiger partial charge on any atom is 0.127 e. The van der Waals surface area contributed by atoms with E-state index in [1.54, 1.807) is 0 Å². The fourth-order valence-electron chi connectivity index (χ4n) is 3.17. The van der Waals surface area contributed by atoms with Gasteiger partial charge in [-0.3, -0.25) is 0 Å². The van der Waals surface area contributed by atoms with Crippen LogP contribution in [0.25, 0.3) is 0 Å². The van der Waals surface area contributed by atoms with Crippen LogP contribution in [0.1, 0.15) is 30.5 Å². The average molecular weight is 282 g/mol. The zero-order valence-electron chi connectivity index (χ0n) is 11.4. The number of rotatable bonds is 3. The van der Waals surface area contributed by atoms with E-state index < -0.39 is 0 Å². The van der Waals surface area contributed by atoms with Crippen LogP contribution in [0.15, 0.2) is 12.1 Å². The van der Waals surface area contributed by atoms with Crippen molar-refractivity contribution in [3.63, 3.8) is 0 Å². The van der Waals surface area contributed by atoms with E-state index in [1.165, 1.54) is 5.56 Å². The normalized spacial score (nSPS) is 27.1. The predicted molar refractivity (Wildman–Crippen MR) is 76.0 cm³/mol. The summed E-state index contributed by atoms with van der Waals surface area (Å²) in [5, 5.41) is 4.17. The molecule has 2 aliphatic rings.